The average molecular weight is 351 g/mol. The summed E-state index contributed by atoms with van der Waals surface area (Å²) in [5.74, 6) is 0.524. The predicted octanol–water partition coefficient (Wildman–Crippen LogP) is 3.78. The number of nitrogens with zero attached hydrogens (tertiary/aromatic N) is 1. The summed E-state index contributed by atoms with van der Waals surface area (Å²) in [6, 6.07) is 12.8. The molecule has 26 heavy (non-hydrogen) atoms. The van der Waals surface area contributed by atoms with E-state index in [2.05, 4.69) is 10.6 Å². The number of hydrogen-bond acceptors (Lipinski definition) is 5. The second kappa shape index (κ2) is 8.58. The Balaban J connectivity index is 2.14. The lowest BCUT2D eigenvalue weighted by molar-refractivity contribution is -0.112. The van der Waals surface area contributed by atoms with Crippen molar-refractivity contribution in [3.8, 4) is 17.6 Å². The van der Waals surface area contributed by atoms with E-state index >= 15 is 0 Å². The zero-order chi connectivity index (χ0) is 19.1. The maximum Gasteiger partial charge on any atom is 0.267 e. The van der Waals surface area contributed by atoms with Gasteiger partial charge in [0.2, 0.25) is 0 Å². The maximum absolute atomic E-state index is 12.3. The molecule has 0 saturated carbocycles. The maximum atomic E-state index is 12.3. The van der Waals surface area contributed by atoms with E-state index in [1.165, 1.54) is 20.4 Å². The van der Waals surface area contributed by atoms with E-state index in [0.717, 1.165) is 16.8 Å². The molecule has 0 unspecified atom stereocenters. The Labute approximate surface area is 153 Å². The first kappa shape index (κ1) is 18.9. The minimum absolute atomic E-state index is 0.0426. The molecule has 2 rings (SSSR count). The lowest BCUT2D eigenvalue weighted by Gasteiger charge is -2.10. The third-order valence-corrected chi connectivity index (χ3v) is 3.61. The standard InChI is InChI=1S/C20H21N3O3/c1-13-7-14(2)9-17(8-13)22-12-15(11-21)20(24)23-16-5-6-18(25-3)19(10-16)26-4/h5-10,12,22H,1-4H3,(H,23,24)/b15-12-. The number of ether oxygens (including phenoxy) is 2. The molecule has 0 aliphatic carbocycles. The summed E-state index contributed by atoms with van der Waals surface area (Å²) in [7, 11) is 3.04. The molecule has 0 aliphatic rings. The summed E-state index contributed by atoms with van der Waals surface area (Å²) >= 11 is 0. The number of carbonyl (C=O) groups excluding carboxylic acids is 1. The molecule has 6 heteroatoms. The Morgan fingerprint density at radius 3 is 2.23 bits per heavy atom. The van der Waals surface area contributed by atoms with Crippen molar-refractivity contribution in [2.45, 2.75) is 13.8 Å². The molecular formula is C20H21N3O3. The first-order chi connectivity index (χ1) is 12.5. The van der Waals surface area contributed by atoms with E-state index in [0.29, 0.717) is 17.2 Å². The van der Waals surface area contributed by atoms with Crippen molar-refractivity contribution >= 4 is 17.3 Å². The minimum Gasteiger partial charge on any atom is -0.493 e. The highest BCUT2D eigenvalue weighted by Crippen LogP contribution is 2.29. The van der Waals surface area contributed by atoms with Crippen molar-refractivity contribution < 1.29 is 14.3 Å². The molecule has 6 nitrogen and oxygen atoms in total. The van der Waals surface area contributed by atoms with Crippen LogP contribution in [0.3, 0.4) is 0 Å². The van der Waals surface area contributed by atoms with Crippen LogP contribution in [0, 0.1) is 25.2 Å². The van der Waals surface area contributed by atoms with E-state index in [-0.39, 0.29) is 5.57 Å². The Hall–Kier alpha value is -3.46. The van der Waals surface area contributed by atoms with Crippen LogP contribution in [-0.4, -0.2) is 20.1 Å². The second-order valence-corrected chi connectivity index (χ2v) is 5.71. The largest absolute Gasteiger partial charge is 0.493 e. The molecule has 0 spiro atoms. The molecule has 0 bridgehead atoms. The van der Waals surface area contributed by atoms with E-state index in [1.54, 1.807) is 18.2 Å². The number of rotatable bonds is 6. The van der Waals surface area contributed by atoms with Crippen molar-refractivity contribution in [1.82, 2.24) is 0 Å². The van der Waals surface area contributed by atoms with Gasteiger partial charge in [0.1, 0.15) is 11.6 Å². The molecule has 1 amide bonds. The lowest BCUT2D eigenvalue weighted by Crippen LogP contribution is -2.14. The summed E-state index contributed by atoms with van der Waals surface area (Å²) in [5, 5.41) is 14.9. The molecule has 0 aromatic heterocycles. The number of methoxy groups -OCH3 is 2. The molecule has 0 saturated heterocycles. The van der Waals surface area contributed by atoms with Crippen LogP contribution in [-0.2, 0) is 4.79 Å². The number of nitrogens with one attached hydrogen (secondary N) is 2. The molecular weight excluding hydrogens is 330 g/mol. The first-order valence-corrected chi connectivity index (χ1v) is 7.95. The minimum atomic E-state index is -0.517. The Morgan fingerprint density at radius 2 is 1.65 bits per heavy atom. The Morgan fingerprint density at radius 1 is 1.00 bits per heavy atom. The molecule has 0 radical (unpaired) electrons. The Bertz CT molecular complexity index is 862. The summed E-state index contributed by atoms with van der Waals surface area (Å²) in [6.07, 6.45) is 1.39. The van der Waals surface area contributed by atoms with Crippen molar-refractivity contribution in [2.75, 3.05) is 24.9 Å². The molecule has 0 heterocycles. The molecule has 0 fully saturated rings. The number of aryl methyl sites for hydroxylation is 2. The second-order valence-electron chi connectivity index (χ2n) is 5.71. The smallest absolute Gasteiger partial charge is 0.267 e. The molecule has 0 aliphatic heterocycles. The van der Waals surface area contributed by atoms with Crippen molar-refractivity contribution in [3.63, 3.8) is 0 Å². The van der Waals surface area contributed by atoms with Crippen LogP contribution < -0.4 is 20.1 Å². The number of anilines is 2. The van der Waals surface area contributed by atoms with E-state index in [9.17, 15) is 10.1 Å². The van der Waals surface area contributed by atoms with Gasteiger partial charge in [-0.25, -0.2) is 0 Å². The van der Waals surface area contributed by atoms with Crippen LogP contribution in [0.5, 0.6) is 11.5 Å². The number of carbonyl (C=O) groups is 1. The third kappa shape index (κ3) is 4.77. The lowest BCUT2D eigenvalue weighted by atomic mass is 10.1. The van der Waals surface area contributed by atoms with Gasteiger partial charge >= 0.3 is 0 Å². The first-order valence-electron chi connectivity index (χ1n) is 7.95. The predicted molar refractivity (Wildman–Crippen MR) is 101 cm³/mol. The Kier molecular flexibility index (Phi) is 6.23. The van der Waals surface area contributed by atoms with Gasteiger partial charge in [0.05, 0.1) is 14.2 Å². The summed E-state index contributed by atoms with van der Waals surface area (Å²) < 4.78 is 10.4. The van der Waals surface area contributed by atoms with Crippen LogP contribution in [0.1, 0.15) is 11.1 Å². The van der Waals surface area contributed by atoms with Gasteiger partial charge < -0.3 is 20.1 Å². The van der Waals surface area contributed by atoms with Gasteiger partial charge in [-0.15, -0.1) is 0 Å². The number of amides is 1. The van der Waals surface area contributed by atoms with Crippen LogP contribution in [0.4, 0.5) is 11.4 Å². The molecule has 2 aromatic rings. The average Bonchev–Trinajstić information content (AvgIpc) is 2.61. The fourth-order valence-electron chi connectivity index (χ4n) is 2.47. The SMILES string of the molecule is COc1ccc(NC(=O)/C(C#N)=C\Nc2cc(C)cc(C)c2)cc1OC. The topological polar surface area (TPSA) is 83.4 Å². The van der Waals surface area contributed by atoms with E-state index in [4.69, 9.17) is 9.47 Å². The summed E-state index contributed by atoms with van der Waals surface area (Å²) in [6.45, 7) is 3.97. The van der Waals surface area contributed by atoms with E-state index < -0.39 is 5.91 Å². The van der Waals surface area contributed by atoms with Gasteiger partial charge in [0.15, 0.2) is 11.5 Å². The van der Waals surface area contributed by atoms with Gasteiger partial charge in [-0.2, -0.15) is 5.26 Å². The quantitative estimate of drug-likeness (QED) is 0.611. The van der Waals surface area contributed by atoms with Gasteiger partial charge in [0.25, 0.3) is 5.91 Å². The fourth-order valence-corrected chi connectivity index (χ4v) is 2.47. The van der Waals surface area contributed by atoms with Gasteiger partial charge in [-0.05, 0) is 49.2 Å². The van der Waals surface area contributed by atoms with Crippen molar-refractivity contribution in [3.05, 3.63) is 59.3 Å². The number of hydrogen-bond donors (Lipinski definition) is 2. The van der Waals surface area contributed by atoms with Gasteiger partial charge in [-0.3, -0.25) is 4.79 Å². The third-order valence-electron chi connectivity index (χ3n) is 3.61. The van der Waals surface area contributed by atoms with Crippen molar-refractivity contribution in [2.24, 2.45) is 0 Å². The zero-order valence-electron chi connectivity index (χ0n) is 15.2. The van der Waals surface area contributed by atoms with Gasteiger partial charge in [0, 0.05) is 23.6 Å². The van der Waals surface area contributed by atoms with Crippen molar-refractivity contribution in [1.29, 1.82) is 5.26 Å². The van der Waals surface area contributed by atoms with Gasteiger partial charge in [-0.1, -0.05) is 6.07 Å². The van der Waals surface area contributed by atoms with Crippen LogP contribution in [0.25, 0.3) is 0 Å². The molecule has 0 atom stereocenters. The molecule has 134 valence electrons. The van der Waals surface area contributed by atoms with Crippen LogP contribution in [0.2, 0.25) is 0 Å². The molecule has 2 aromatic carbocycles. The van der Waals surface area contributed by atoms with E-state index in [1.807, 2.05) is 38.1 Å². The number of benzene rings is 2. The zero-order valence-corrected chi connectivity index (χ0v) is 15.2. The highest BCUT2D eigenvalue weighted by Gasteiger charge is 2.11. The normalized spacial score (nSPS) is 10.7. The highest BCUT2D eigenvalue weighted by molar-refractivity contribution is 6.06. The summed E-state index contributed by atoms with van der Waals surface area (Å²) in [4.78, 5) is 12.3. The highest BCUT2D eigenvalue weighted by atomic mass is 16.5. The fraction of sp³-hybridized carbons (Fsp3) is 0.200. The van der Waals surface area contributed by atoms with Crippen LogP contribution in [0.15, 0.2) is 48.2 Å². The number of nitriles is 1. The summed E-state index contributed by atoms with van der Waals surface area (Å²) in [5.41, 5.74) is 3.46. The monoisotopic (exact) mass is 351 g/mol. The van der Waals surface area contributed by atoms with Crippen LogP contribution >= 0.6 is 0 Å². The molecule has 2 N–H and O–H groups in total.